The zero-order chi connectivity index (χ0) is 13.0. The van der Waals surface area contributed by atoms with E-state index in [1.54, 1.807) is 6.33 Å². The minimum atomic E-state index is 0.601. The SMILES string of the molecule is CC(C)Cn1ncnc1CN1CCCC(CN)C1. The molecule has 0 radical (unpaired) electrons. The standard InChI is InChI=1S/C13H25N5/c1-11(2)7-18-13(15-10-16-18)9-17-5-3-4-12(6-14)8-17/h10-12H,3-9,14H2,1-2H3. The van der Waals surface area contributed by atoms with Gasteiger partial charge in [-0.3, -0.25) is 4.90 Å². The summed E-state index contributed by atoms with van der Waals surface area (Å²) in [5.74, 6) is 2.34. The number of nitrogens with two attached hydrogens (primary N) is 1. The van der Waals surface area contributed by atoms with Crippen LogP contribution < -0.4 is 5.73 Å². The Morgan fingerprint density at radius 3 is 3.06 bits per heavy atom. The maximum absolute atomic E-state index is 5.77. The average molecular weight is 251 g/mol. The molecule has 5 nitrogen and oxygen atoms in total. The number of hydrogen-bond acceptors (Lipinski definition) is 4. The molecule has 18 heavy (non-hydrogen) atoms. The van der Waals surface area contributed by atoms with Gasteiger partial charge in [-0.05, 0) is 37.8 Å². The molecule has 1 aliphatic rings. The van der Waals surface area contributed by atoms with Gasteiger partial charge in [-0.2, -0.15) is 5.10 Å². The molecule has 0 amide bonds. The van der Waals surface area contributed by atoms with Gasteiger partial charge in [-0.15, -0.1) is 0 Å². The van der Waals surface area contributed by atoms with Gasteiger partial charge in [0.25, 0.3) is 0 Å². The lowest BCUT2D eigenvalue weighted by Crippen LogP contribution is -2.38. The van der Waals surface area contributed by atoms with E-state index in [4.69, 9.17) is 5.73 Å². The molecule has 1 fully saturated rings. The molecule has 0 aliphatic carbocycles. The van der Waals surface area contributed by atoms with Crippen molar-refractivity contribution in [3.8, 4) is 0 Å². The smallest absolute Gasteiger partial charge is 0.141 e. The van der Waals surface area contributed by atoms with Gasteiger partial charge in [0.1, 0.15) is 12.2 Å². The summed E-state index contributed by atoms with van der Waals surface area (Å²) in [4.78, 5) is 6.85. The molecule has 102 valence electrons. The second-order valence-electron chi connectivity index (χ2n) is 5.73. The van der Waals surface area contributed by atoms with Crippen molar-refractivity contribution in [1.82, 2.24) is 19.7 Å². The third-order valence-electron chi connectivity index (χ3n) is 3.54. The van der Waals surface area contributed by atoms with Crippen LogP contribution in [0.5, 0.6) is 0 Å². The van der Waals surface area contributed by atoms with Crippen LogP contribution in [0.3, 0.4) is 0 Å². The Bertz CT molecular complexity index is 360. The molecule has 0 saturated carbocycles. The summed E-state index contributed by atoms with van der Waals surface area (Å²) in [5.41, 5.74) is 5.77. The molecular formula is C13H25N5. The van der Waals surface area contributed by atoms with Crippen molar-refractivity contribution in [1.29, 1.82) is 0 Å². The molecule has 1 aliphatic heterocycles. The zero-order valence-corrected chi connectivity index (χ0v) is 11.5. The second-order valence-corrected chi connectivity index (χ2v) is 5.73. The Morgan fingerprint density at radius 1 is 1.50 bits per heavy atom. The fourth-order valence-electron chi connectivity index (χ4n) is 2.60. The predicted molar refractivity (Wildman–Crippen MR) is 71.9 cm³/mol. The molecule has 1 aromatic heterocycles. The molecule has 1 aromatic rings. The van der Waals surface area contributed by atoms with E-state index in [1.165, 1.54) is 12.8 Å². The zero-order valence-electron chi connectivity index (χ0n) is 11.5. The largest absolute Gasteiger partial charge is 0.330 e. The topological polar surface area (TPSA) is 60.0 Å². The Morgan fingerprint density at radius 2 is 2.33 bits per heavy atom. The number of hydrogen-bond donors (Lipinski definition) is 1. The van der Waals surface area contributed by atoms with Crippen molar-refractivity contribution in [3.63, 3.8) is 0 Å². The molecule has 1 unspecified atom stereocenters. The van der Waals surface area contributed by atoms with E-state index >= 15 is 0 Å². The molecule has 2 rings (SSSR count). The molecule has 0 aromatic carbocycles. The molecule has 1 saturated heterocycles. The third-order valence-corrected chi connectivity index (χ3v) is 3.54. The van der Waals surface area contributed by atoms with E-state index in [0.717, 1.165) is 38.5 Å². The molecule has 0 spiro atoms. The Kier molecular flexibility index (Phi) is 4.72. The quantitative estimate of drug-likeness (QED) is 0.851. The molecule has 1 atom stereocenters. The van der Waals surface area contributed by atoms with E-state index < -0.39 is 0 Å². The summed E-state index contributed by atoms with van der Waals surface area (Å²) >= 11 is 0. The first kappa shape index (κ1) is 13.5. The molecular weight excluding hydrogens is 226 g/mol. The maximum Gasteiger partial charge on any atom is 0.141 e. The molecule has 0 bridgehead atoms. The molecule has 2 N–H and O–H groups in total. The lowest BCUT2D eigenvalue weighted by atomic mass is 9.98. The first-order valence-corrected chi connectivity index (χ1v) is 6.98. The van der Waals surface area contributed by atoms with Crippen LogP contribution in [0.1, 0.15) is 32.5 Å². The number of aromatic nitrogens is 3. The van der Waals surface area contributed by atoms with Crippen molar-refractivity contribution >= 4 is 0 Å². The van der Waals surface area contributed by atoms with Crippen LogP contribution in [0, 0.1) is 11.8 Å². The van der Waals surface area contributed by atoms with E-state index in [9.17, 15) is 0 Å². The van der Waals surface area contributed by atoms with Crippen LogP contribution in [0.25, 0.3) is 0 Å². The van der Waals surface area contributed by atoms with Crippen molar-refractivity contribution < 1.29 is 0 Å². The number of nitrogens with zero attached hydrogens (tertiary/aromatic N) is 4. The van der Waals surface area contributed by atoms with Gasteiger partial charge in [0, 0.05) is 13.1 Å². The van der Waals surface area contributed by atoms with E-state index in [2.05, 4.69) is 28.8 Å². The Balaban J connectivity index is 1.94. The van der Waals surface area contributed by atoms with Crippen LogP contribution in [0.4, 0.5) is 0 Å². The summed E-state index contributed by atoms with van der Waals surface area (Å²) in [6, 6.07) is 0. The van der Waals surface area contributed by atoms with Crippen molar-refractivity contribution in [2.75, 3.05) is 19.6 Å². The number of rotatable bonds is 5. The van der Waals surface area contributed by atoms with Gasteiger partial charge in [0.05, 0.1) is 6.54 Å². The second kappa shape index (κ2) is 6.29. The molecule has 5 heteroatoms. The van der Waals surface area contributed by atoms with Crippen LogP contribution in [0.2, 0.25) is 0 Å². The first-order chi connectivity index (χ1) is 8.69. The van der Waals surface area contributed by atoms with Gasteiger partial charge >= 0.3 is 0 Å². The highest BCUT2D eigenvalue weighted by atomic mass is 15.3. The third kappa shape index (κ3) is 3.53. The Hall–Kier alpha value is -0.940. The maximum atomic E-state index is 5.77. The summed E-state index contributed by atoms with van der Waals surface area (Å²) in [5, 5.41) is 4.32. The fourth-order valence-corrected chi connectivity index (χ4v) is 2.60. The van der Waals surface area contributed by atoms with Crippen molar-refractivity contribution in [2.45, 2.75) is 39.8 Å². The minimum Gasteiger partial charge on any atom is -0.330 e. The van der Waals surface area contributed by atoms with Gasteiger partial charge in [0.15, 0.2) is 0 Å². The summed E-state index contributed by atoms with van der Waals surface area (Å²) in [7, 11) is 0. The van der Waals surface area contributed by atoms with Gasteiger partial charge in [0.2, 0.25) is 0 Å². The van der Waals surface area contributed by atoms with Crippen molar-refractivity contribution in [3.05, 3.63) is 12.2 Å². The van der Waals surface area contributed by atoms with Gasteiger partial charge < -0.3 is 5.73 Å². The normalized spacial score (nSPS) is 21.7. The highest BCUT2D eigenvalue weighted by molar-refractivity contribution is 4.87. The van der Waals surface area contributed by atoms with E-state index in [-0.39, 0.29) is 0 Å². The summed E-state index contributed by atoms with van der Waals surface area (Å²) in [6.07, 6.45) is 4.19. The fraction of sp³-hybridized carbons (Fsp3) is 0.846. The van der Waals surface area contributed by atoms with Crippen LogP contribution in [-0.2, 0) is 13.1 Å². The van der Waals surface area contributed by atoms with E-state index in [1.807, 2.05) is 4.68 Å². The predicted octanol–water partition coefficient (Wildman–Crippen LogP) is 1.10. The minimum absolute atomic E-state index is 0.601. The number of likely N-dealkylation sites (tertiary alicyclic amines) is 1. The van der Waals surface area contributed by atoms with E-state index in [0.29, 0.717) is 11.8 Å². The van der Waals surface area contributed by atoms with Crippen LogP contribution >= 0.6 is 0 Å². The summed E-state index contributed by atoms with van der Waals surface area (Å²) in [6.45, 7) is 9.32. The van der Waals surface area contributed by atoms with Crippen LogP contribution in [-0.4, -0.2) is 39.3 Å². The lowest BCUT2D eigenvalue weighted by Gasteiger charge is -2.31. The highest BCUT2D eigenvalue weighted by Gasteiger charge is 2.20. The average Bonchev–Trinajstić information content (AvgIpc) is 2.76. The first-order valence-electron chi connectivity index (χ1n) is 6.98. The highest BCUT2D eigenvalue weighted by Crippen LogP contribution is 2.17. The molecule has 2 heterocycles. The van der Waals surface area contributed by atoms with Crippen LogP contribution in [0.15, 0.2) is 6.33 Å². The van der Waals surface area contributed by atoms with Gasteiger partial charge in [-0.1, -0.05) is 13.8 Å². The van der Waals surface area contributed by atoms with Gasteiger partial charge in [-0.25, -0.2) is 9.67 Å². The summed E-state index contributed by atoms with van der Waals surface area (Å²) < 4.78 is 2.04. The number of piperidine rings is 1. The Labute approximate surface area is 109 Å². The van der Waals surface area contributed by atoms with Crippen molar-refractivity contribution in [2.24, 2.45) is 17.6 Å². The lowest BCUT2D eigenvalue weighted by molar-refractivity contribution is 0.164. The monoisotopic (exact) mass is 251 g/mol.